The van der Waals surface area contributed by atoms with Crippen LogP contribution in [0.15, 0.2) is 18.2 Å². The first-order valence-corrected chi connectivity index (χ1v) is 8.31. The molecular weight excluding hydrogens is 246 g/mol. The van der Waals surface area contributed by atoms with E-state index in [-0.39, 0.29) is 0 Å². The van der Waals surface area contributed by atoms with Crippen molar-refractivity contribution in [3.8, 4) is 5.75 Å². The molecule has 0 radical (unpaired) electrons. The zero-order chi connectivity index (χ0) is 13.5. The van der Waals surface area contributed by atoms with Gasteiger partial charge in [-0.15, -0.1) is 0 Å². The Morgan fingerprint density at radius 2 is 1.75 bits per heavy atom. The fraction of sp³-hybridized carbons (Fsp3) is 0.667. The third-order valence-electron chi connectivity index (χ3n) is 5.11. The van der Waals surface area contributed by atoms with Crippen molar-refractivity contribution in [1.29, 1.82) is 0 Å². The normalized spacial score (nSPS) is 24.9. The molecule has 3 fully saturated rings. The topological polar surface area (TPSA) is 12.5 Å². The van der Waals surface area contributed by atoms with Gasteiger partial charge in [0.1, 0.15) is 5.75 Å². The summed E-state index contributed by atoms with van der Waals surface area (Å²) >= 11 is 0. The SMILES string of the molecule is Cc1ccc(OC2CC2)cc1C1CCN(C2CC2)CC1. The van der Waals surface area contributed by atoms with E-state index >= 15 is 0 Å². The Labute approximate surface area is 122 Å². The molecule has 1 heterocycles. The van der Waals surface area contributed by atoms with Gasteiger partial charge in [-0.3, -0.25) is 0 Å². The number of hydrogen-bond donors (Lipinski definition) is 0. The Kier molecular flexibility index (Phi) is 3.22. The summed E-state index contributed by atoms with van der Waals surface area (Å²) in [5.41, 5.74) is 2.98. The van der Waals surface area contributed by atoms with E-state index < -0.39 is 0 Å². The zero-order valence-corrected chi connectivity index (χ0v) is 12.5. The van der Waals surface area contributed by atoms with Gasteiger partial charge in [-0.25, -0.2) is 0 Å². The summed E-state index contributed by atoms with van der Waals surface area (Å²) in [6, 6.07) is 7.66. The first-order chi connectivity index (χ1) is 9.79. The minimum Gasteiger partial charge on any atom is -0.490 e. The number of aryl methyl sites for hydroxylation is 1. The molecule has 2 heteroatoms. The molecule has 2 saturated carbocycles. The highest BCUT2D eigenvalue weighted by Crippen LogP contribution is 2.37. The molecule has 2 nitrogen and oxygen atoms in total. The summed E-state index contributed by atoms with van der Waals surface area (Å²) in [5.74, 6) is 1.84. The summed E-state index contributed by atoms with van der Waals surface area (Å²) in [6.45, 7) is 4.84. The molecule has 4 rings (SSSR count). The lowest BCUT2D eigenvalue weighted by molar-refractivity contribution is 0.203. The largest absolute Gasteiger partial charge is 0.490 e. The smallest absolute Gasteiger partial charge is 0.120 e. The van der Waals surface area contributed by atoms with Crippen LogP contribution >= 0.6 is 0 Å². The molecule has 1 aromatic carbocycles. The first-order valence-electron chi connectivity index (χ1n) is 8.31. The highest BCUT2D eigenvalue weighted by Gasteiger charge is 2.32. The molecule has 3 aliphatic rings. The van der Waals surface area contributed by atoms with Crippen molar-refractivity contribution in [3.05, 3.63) is 29.3 Å². The number of nitrogens with zero attached hydrogens (tertiary/aromatic N) is 1. The lowest BCUT2D eigenvalue weighted by atomic mass is 9.86. The van der Waals surface area contributed by atoms with Crippen LogP contribution in [-0.2, 0) is 0 Å². The first kappa shape index (κ1) is 12.7. The van der Waals surface area contributed by atoms with E-state index in [0.29, 0.717) is 6.10 Å². The van der Waals surface area contributed by atoms with Gasteiger partial charge in [0.25, 0.3) is 0 Å². The Bertz CT molecular complexity index is 482. The van der Waals surface area contributed by atoms with E-state index in [0.717, 1.165) is 17.7 Å². The van der Waals surface area contributed by atoms with Crippen molar-refractivity contribution < 1.29 is 4.74 Å². The minimum atomic E-state index is 0.502. The van der Waals surface area contributed by atoms with E-state index in [9.17, 15) is 0 Å². The molecular formula is C18H25NO. The lowest BCUT2D eigenvalue weighted by Crippen LogP contribution is -2.34. The molecule has 0 unspecified atom stereocenters. The van der Waals surface area contributed by atoms with Gasteiger partial charge in [-0.2, -0.15) is 0 Å². The van der Waals surface area contributed by atoms with Gasteiger partial charge >= 0.3 is 0 Å². The molecule has 108 valence electrons. The van der Waals surface area contributed by atoms with Gasteiger partial charge < -0.3 is 9.64 Å². The van der Waals surface area contributed by atoms with Crippen LogP contribution in [0.1, 0.15) is 55.6 Å². The summed E-state index contributed by atoms with van der Waals surface area (Å²) in [4.78, 5) is 2.70. The van der Waals surface area contributed by atoms with Crippen molar-refractivity contribution in [2.24, 2.45) is 0 Å². The standard InChI is InChI=1S/C18H25NO/c1-13-2-5-17(20-16-6-7-16)12-18(13)14-8-10-19(11-9-14)15-3-4-15/h2,5,12,14-16H,3-4,6-11H2,1H3. The Morgan fingerprint density at radius 1 is 1.00 bits per heavy atom. The monoisotopic (exact) mass is 271 g/mol. The number of rotatable bonds is 4. The maximum absolute atomic E-state index is 5.97. The van der Waals surface area contributed by atoms with Gasteiger partial charge in [0.05, 0.1) is 6.10 Å². The van der Waals surface area contributed by atoms with E-state index in [1.165, 1.54) is 57.2 Å². The van der Waals surface area contributed by atoms with Crippen LogP contribution in [0.2, 0.25) is 0 Å². The van der Waals surface area contributed by atoms with Crippen molar-refractivity contribution in [1.82, 2.24) is 4.90 Å². The average molecular weight is 271 g/mol. The Hall–Kier alpha value is -1.02. The number of ether oxygens (including phenoxy) is 1. The minimum absolute atomic E-state index is 0.502. The van der Waals surface area contributed by atoms with Gasteiger partial charge in [-0.05, 0) is 87.7 Å². The zero-order valence-electron chi connectivity index (χ0n) is 12.5. The molecule has 1 aromatic rings. The van der Waals surface area contributed by atoms with Gasteiger partial charge in [0, 0.05) is 6.04 Å². The van der Waals surface area contributed by atoms with Crippen LogP contribution in [0.4, 0.5) is 0 Å². The molecule has 0 aromatic heterocycles. The van der Waals surface area contributed by atoms with Crippen molar-refractivity contribution in [3.63, 3.8) is 0 Å². The second kappa shape index (κ2) is 5.07. The predicted octanol–water partition coefficient (Wildman–Crippen LogP) is 3.88. The van der Waals surface area contributed by atoms with Crippen molar-refractivity contribution in [2.45, 2.75) is 63.5 Å². The number of likely N-dealkylation sites (tertiary alicyclic amines) is 1. The molecule has 0 atom stereocenters. The predicted molar refractivity (Wildman–Crippen MR) is 81.4 cm³/mol. The maximum Gasteiger partial charge on any atom is 0.120 e. The highest BCUT2D eigenvalue weighted by molar-refractivity contribution is 5.37. The summed E-state index contributed by atoms with van der Waals surface area (Å²) in [7, 11) is 0. The summed E-state index contributed by atoms with van der Waals surface area (Å²) in [6.07, 6.45) is 8.51. The molecule has 0 bridgehead atoms. The third-order valence-corrected chi connectivity index (χ3v) is 5.11. The van der Waals surface area contributed by atoms with Crippen LogP contribution in [-0.4, -0.2) is 30.1 Å². The summed E-state index contributed by atoms with van der Waals surface area (Å²) < 4.78 is 5.97. The molecule has 0 amide bonds. The molecule has 1 saturated heterocycles. The Morgan fingerprint density at radius 3 is 2.40 bits per heavy atom. The highest BCUT2D eigenvalue weighted by atomic mass is 16.5. The maximum atomic E-state index is 5.97. The molecule has 0 spiro atoms. The van der Waals surface area contributed by atoms with Crippen LogP contribution < -0.4 is 4.74 Å². The second-order valence-electron chi connectivity index (χ2n) is 6.88. The van der Waals surface area contributed by atoms with Gasteiger partial charge in [0.15, 0.2) is 0 Å². The van der Waals surface area contributed by atoms with Gasteiger partial charge in [-0.1, -0.05) is 6.07 Å². The average Bonchev–Trinajstić information content (AvgIpc) is 3.35. The van der Waals surface area contributed by atoms with Crippen molar-refractivity contribution in [2.75, 3.05) is 13.1 Å². The molecule has 2 aliphatic carbocycles. The fourth-order valence-corrected chi connectivity index (χ4v) is 3.53. The van der Waals surface area contributed by atoms with Crippen LogP contribution in [0.3, 0.4) is 0 Å². The number of benzene rings is 1. The van der Waals surface area contributed by atoms with E-state index in [2.05, 4.69) is 30.0 Å². The fourth-order valence-electron chi connectivity index (χ4n) is 3.53. The van der Waals surface area contributed by atoms with Crippen LogP contribution in [0, 0.1) is 6.92 Å². The van der Waals surface area contributed by atoms with E-state index in [1.807, 2.05) is 0 Å². The molecule has 1 aliphatic heterocycles. The quantitative estimate of drug-likeness (QED) is 0.824. The number of hydrogen-bond acceptors (Lipinski definition) is 2. The van der Waals surface area contributed by atoms with Crippen molar-refractivity contribution >= 4 is 0 Å². The van der Waals surface area contributed by atoms with E-state index in [4.69, 9.17) is 4.74 Å². The van der Waals surface area contributed by atoms with E-state index in [1.54, 1.807) is 5.56 Å². The molecule has 20 heavy (non-hydrogen) atoms. The van der Waals surface area contributed by atoms with Crippen LogP contribution in [0.5, 0.6) is 5.75 Å². The summed E-state index contributed by atoms with van der Waals surface area (Å²) in [5, 5.41) is 0. The lowest BCUT2D eigenvalue weighted by Gasteiger charge is -2.33. The number of piperidine rings is 1. The third kappa shape index (κ3) is 2.71. The van der Waals surface area contributed by atoms with Crippen LogP contribution in [0.25, 0.3) is 0 Å². The second-order valence-corrected chi connectivity index (χ2v) is 6.88. The van der Waals surface area contributed by atoms with Gasteiger partial charge in [0.2, 0.25) is 0 Å². The molecule has 0 N–H and O–H groups in total. The Balaban J connectivity index is 1.46.